The van der Waals surface area contributed by atoms with Crippen LogP contribution in [0, 0.1) is 13.8 Å². The number of benzene rings is 1. The van der Waals surface area contributed by atoms with E-state index in [9.17, 15) is 4.79 Å². The van der Waals surface area contributed by atoms with Crippen molar-refractivity contribution in [2.24, 2.45) is 0 Å². The lowest BCUT2D eigenvalue weighted by Crippen LogP contribution is -2.26. The van der Waals surface area contributed by atoms with E-state index in [2.05, 4.69) is 20.2 Å². The molecule has 2 heterocycles. The Bertz CT molecular complexity index is 783. The average molecular weight is 354 g/mol. The Kier molecular flexibility index (Phi) is 5.71. The minimum absolute atomic E-state index is 0.254. The van der Waals surface area contributed by atoms with Crippen LogP contribution in [0.1, 0.15) is 47.6 Å². The summed E-state index contributed by atoms with van der Waals surface area (Å²) >= 11 is 0. The van der Waals surface area contributed by atoms with Crippen LogP contribution in [0.4, 0.5) is 11.5 Å². The summed E-state index contributed by atoms with van der Waals surface area (Å²) < 4.78 is 5.34. The van der Waals surface area contributed by atoms with E-state index in [-0.39, 0.29) is 5.91 Å². The molecule has 3 rings (SSSR count). The number of hydrogen-bond donors (Lipinski definition) is 1. The van der Waals surface area contributed by atoms with Crippen molar-refractivity contribution in [3.8, 4) is 5.75 Å². The maximum Gasteiger partial charge on any atom is 0.274 e. The molecule has 0 radical (unpaired) electrons. The maximum atomic E-state index is 12.8. The Balaban J connectivity index is 1.84. The molecule has 0 atom stereocenters. The molecule has 26 heavy (non-hydrogen) atoms. The SMILES string of the molecule is COc1ccc(C)cc1NC(=O)c1cc(N2CCCCCC2)nc(C)n1. The Morgan fingerprint density at radius 1 is 1.08 bits per heavy atom. The highest BCUT2D eigenvalue weighted by Gasteiger charge is 2.17. The third kappa shape index (κ3) is 4.31. The molecule has 0 aliphatic carbocycles. The molecule has 1 saturated heterocycles. The summed E-state index contributed by atoms with van der Waals surface area (Å²) in [6.45, 7) is 5.75. The van der Waals surface area contributed by atoms with Gasteiger partial charge in [0, 0.05) is 19.2 Å². The molecule has 0 spiro atoms. The molecule has 1 aliphatic rings. The molecule has 0 bridgehead atoms. The quantitative estimate of drug-likeness (QED) is 0.906. The minimum Gasteiger partial charge on any atom is -0.495 e. The predicted molar refractivity (Wildman–Crippen MR) is 103 cm³/mol. The summed E-state index contributed by atoms with van der Waals surface area (Å²) in [6, 6.07) is 7.47. The summed E-state index contributed by atoms with van der Waals surface area (Å²) in [5.74, 6) is 1.81. The summed E-state index contributed by atoms with van der Waals surface area (Å²) in [5, 5.41) is 2.92. The smallest absolute Gasteiger partial charge is 0.274 e. The van der Waals surface area contributed by atoms with Crippen LogP contribution < -0.4 is 15.0 Å². The molecular weight excluding hydrogens is 328 g/mol. The van der Waals surface area contributed by atoms with Gasteiger partial charge in [-0.25, -0.2) is 9.97 Å². The van der Waals surface area contributed by atoms with Crippen molar-refractivity contribution in [1.82, 2.24) is 9.97 Å². The van der Waals surface area contributed by atoms with E-state index in [1.165, 1.54) is 12.8 Å². The van der Waals surface area contributed by atoms with Crippen LogP contribution in [0.15, 0.2) is 24.3 Å². The van der Waals surface area contributed by atoms with Crippen molar-refractivity contribution < 1.29 is 9.53 Å². The number of carbonyl (C=O) groups excluding carboxylic acids is 1. The lowest BCUT2D eigenvalue weighted by atomic mass is 10.2. The van der Waals surface area contributed by atoms with Crippen molar-refractivity contribution in [3.05, 3.63) is 41.3 Å². The number of hydrogen-bond acceptors (Lipinski definition) is 5. The fourth-order valence-corrected chi connectivity index (χ4v) is 3.24. The zero-order chi connectivity index (χ0) is 18.5. The van der Waals surface area contributed by atoms with Crippen LogP contribution in [0.2, 0.25) is 0 Å². The van der Waals surface area contributed by atoms with E-state index in [0.717, 1.165) is 37.3 Å². The summed E-state index contributed by atoms with van der Waals surface area (Å²) in [7, 11) is 1.59. The molecule has 1 amide bonds. The molecule has 2 aromatic rings. The Labute approximate surface area is 154 Å². The molecule has 138 valence electrons. The number of anilines is 2. The number of nitrogens with zero attached hydrogens (tertiary/aromatic N) is 3. The lowest BCUT2D eigenvalue weighted by Gasteiger charge is -2.22. The van der Waals surface area contributed by atoms with Crippen molar-refractivity contribution in [2.45, 2.75) is 39.5 Å². The van der Waals surface area contributed by atoms with E-state index in [1.807, 2.05) is 32.0 Å². The highest BCUT2D eigenvalue weighted by molar-refractivity contribution is 6.04. The highest BCUT2D eigenvalue weighted by atomic mass is 16.5. The fourth-order valence-electron chi connectivity index (χ4n) is 3.24. The van der Waals surface area contributed by atoms with Crippen LogP contribution in [-0.4, -0.2) is 36.1 Å². The molecule has 1 fully saturated rings. The largest absolute Gasteiger partial charge is 0.495 e. The van der Waals surface area contributed by atoms with Crippen LogP contribution in [-0.2, 0) is 0 Å². The van der Waals surface area contributed by atoms with Gasteiger partial charge in [0.1, 0.15) is 23.1 Å². The second kappa shape index (κ2) is 8.17. The first-order chi connectivity index (χ1) is 12.6. The summed E-state index contributed by atoms with van der Waals surface area (Å²) in [4.78, 5) is 23.9. The highest BCUT2D eigenvalue weighted by Crippen LogP contribution is 2.26. The molecule has 1 aromatic carbocycles. The van der Waals surface area contributed by atoms with Crippen molar-refractivity contribution in [2.75, 3.05) is 30.4 Å². The Hall–Kier alpha value is -2.63. The number of aryl methyl sites for hydroxylation is 2. The number of nitrogens with one attached hydrogen (secondary N) is 1. The molecule has 1 N–H and O–H groups in total. The zero-order valence-corrected chi connectivity index (χ0v) is 15.7. The third-order valence-corrected chi connectivity index (χ3v) is 4.59. The minimum atomic E-state index is -0.254. The molecule has 6 heteroatoms. The van der Waals surface area contributed by atoms with Gasteiger partial charge in [-0.05, 0) is 44.4 Å². The molecule has 1 aromatic heterocycles. The van der Waals surface area contributed by atoms with E-state index in [0.29, 0.717) is 23.0 Å². The van der Waals surface area contributed by atoms with Gasteiger partial charge in [0.25, 0.3) is 5.91 Å². The first-order valence-corrected chi connectivity index (χ1v) is 9.13. The second-order valence-electron chi connectivity index (χ2n) is 6.72. The zero-order valence-electron chi connectivity index (χ0n) is 15.7. The van der Waals surface area contributed by atoms with E-state index in [4.69, 9.17) is 4.74 Å². The van der Waals surface area contributed by atoms with Crippen LogP contribution >= 0.6 is 0 Å². The fraction of sp³-hybridized carbons (Fsp3) is 0.450. The average Bonchev–Trinajstić information content (AvgIpc) is 2.91. The molecule has 6 nitrogen and oxygen atoms in total. The number of carbonyl (C=O) groups is 1. The first kappa shape index (κ1) is 18.2. The molecule has 0 unspecified atom stereocenters. The van der Waals surface area contributed by atoms with Crippen molar-refractivity contribution >= 4 is 17.4 Å². The van der Waals surface area contributed by atoms with Gasteiger partial charge in [-0.1, -0.05) is 18.9 Å². The van der Waals surface area contributed by atoms with Crippen LogP contribution in [0.25, 0.3) is 0 Å². The van der Waals surface area contributed by atoms with E-state index >= 15 is 0 Å². The van der Waals surface area contributed by atoms with Gasteiger partial charge >= 0.3 is 0 Å². The number of methoxy groups -OCH3 is 1. The van der Waals surface area contributed by atoms with Gasteiger partial charge in [0.15, 0.2) is 0 Å². The third-order valence-electron chi connectivity index (χ3n) is 4.59. The van der Waals surface area contributed by atoms with Gasteiger partial charge in [-0.3, -0.25) is 4.79 Å². The van der Waals surface area contributed by atoms with Crippen LogP contribution in [0.3, 0.4) is 0 Å². The summed E-state index contributed by atoms with van der Waals surface area (Å²) in [6.07, 6.45) is 4.82. The molecule has 0 saturated carbocycles. The number of aromatic nitrogens is 2. The van der Waals surface area contributed by atoms with Gasteiger partial charge < -0.3 is 15.0 Å². The maximum absolute atomic E-state index is 12.8. The van der Waals surface area contributed by atoms with Crippen molar-refractivity contribution in [3.63, 3.8) is 0 Å². The summed E-state index contributed by atoms with van der Waals surface area (Å²) in [5.41, 5.74) is 2.07. The van der Waals surface area contributed by atoms with Gasteiger partial charge in [-0.2, -0.15) is 0 Å². The van der Waals surface area contributed by atoms with Gasteiger partial charge in [0.05, 0.1) is 12.8 Å². The van der Waals surface area contributed by atoms with E-state index < -0.39 is 0 Å². The molecular formula is C20H26N4O2. The Morgan fingerprint density at radius 3 is 2.50 bits per heavy atom. The monoisotopic (exact) mass is 354 g/mol. The second-order valence-corrected chi connectivity index (χ2v) is 6.72. The first-order valence-electron chi connectivity index (χ1n) is 9.13. The van der Waals surface area contributed by atoms with Crippen molar-refractivity contribution in [1.29, 1.82) is 0 Å². The van der Waals surface area contributed by atoms with Crippen LogP contribution in [0.5, 0.6) is 5.75 Å². The lowest BCUT2D eigenvalue weighted by molar-refractivity contribution is 0.102. The van der Waals surface area contributed by atoms with Gasteiger partial charge in [-0.15, -0.1) is 0 Å². The molecule has 1 aliphatic heterocycles. The number of amides is 1. The predicted octanol–water partition coefficient (Wildman–Crippen LogP) is 3.73. The topological polar surface area (TPSA) is 67.3 Å². The standard InChI is InChI=1S/C20H26N4O2/c1-14-8-9-18(26-3)16(12-14)23-20(25)17-13-19(22-15(2)21-17)24-10-6-4-5-7-11-24/h8-9,12-13H,4-7,10-11H2,1-3H3,(H,23,25). The number of rotatable bonds is 4. The normalized spacial score (nSPS) is 14.7. The van der Waals surface area contributed by atoms with E-state index in [1.54, 1.807) is 13.2 Å². The Morgan fingerprint density at radius 2 is 1.81 bits per heavy atom. The number of ether oxygens (including phenoxy) is 1. The van der Waals surface area contributed by atoms with Gasteiger partial charge in [0.2, 0.25) is 0 Å².